The fourth-order valence-corrected chi connectivity index (χ4v) is 1.70. The molecular formula is C12H16ClFN2O. The Bertz CT molecular complexity index is 396. The predicted octanol–water partition coefficient (Wildman–Crippen LogP) is 2.52. The monoisotopic (exact) mass is 258 g/mol. The molecule has 94 valence electrons. The molecular weight excluding hydrogens is 243 g/mol. The second kappa shape index (κ2) is 6.57. The van der Waals surface area contributed by atoms with Gasteiger partial charge in [0.1, 0.15) is 5.82 Å². The Labute approximate surface area is 105 Å². The lowest BCUT2D eigenvalue weighted by Gasteiger charge is -2.09. The van der Waals surface area contributed by atoms with Gasteiger partial charge in [0.25, 0.3) is 0 Å². The van der Waals surface area contributed by atoms with Crippen LogP contribution in [0.3, 0.4) is 0 Å². The first kappa shape index (κ1) is 13.9. The summed E-state index contributed by atoms with van der Waals surface area (Å²) in [6.45, 7) is 0. The van der Waals surface area contributed by atoms with Crippen molar-refractivity contribution < 1.29 is 9.18 Å². The zero-order chi connectivity index (χ0) is 12.8. The molecule has 17 heavy (non-hydrogen) atoms. The Balaban J connectivity index is 2.36. The zero-order valence-electron chi connectivity index (χ0n) is 9.75. The first-order chi connectivity index (χ1) is 8.00. The number of hydrogen-bond acceptors (Lipinski definition) is 2. The van der Waals surface area contributed by atoms with Gasteiger partial charge in [0.05, 0.1) is 0 Å². The molecule has 0 atom stereocenters. The van der Waals surface area contributed by atoms with E-state index >= 15 is 0 Å². The van der Waals surface area contributed by atoms with E-state index in [1.165, 1.54) is 19.2 Å². The van der Waals surface area contributed by atoms with Gasteiger partial charge in [-0.05, 0) is 43.0 Å². The minimum absolute atomic E-state index is 0.114. The van der Waals surface area contributed by atoms with E-state index in [0.29, 0.717) is 29.8 Å². The summed E-state index contributed by atoms with van der Waals surface area (Å²) in [6.07, 6.45) is 2.38. The first-order valence-electron chi connectivity index (χ1n) is 5.46. The van der Waals surface area contributed by atoms with E-state index in [1.807, 2.05) is 0 Å². The van der Waals surface area contributed by atoms with Crippen LogP contribution in [-0.2, 0) is 11.2 Å². The molecule has 2 N–H and O–H groups in total. The number of benzene rings is 1. The van der Waals surface area contributed by atoms with Gasteiger partial charge in [0, 0.05) is 18.5 Å². The average molecular weight is 259 g/mol. The van der Waals surface area contributed by atoms with E-state index < -0.39 is 0 Å². The number of carbonyl (C=O) groups is 1. The average Bonchev–Trinajstić information content (AvgIpc) is 2.28. The molecule has 0 saturated heterocycles. The highest BCUT2D eigenvalue weighted by molar-refractivity contribution is 6.30. The number of amides is 1. The molecule has 5 heteroatoms. The smallest absolute Gasteiger partial charge is 0.236 e. The molecule has 0 aliphatic heterocycles. The Kier molecular flexibility index (Phi) is 5.38. The Morgan fingerprint density at radius 1 is 1.47 bits per heavy atom. The molecule has 0 aliphatic rings. The van der Waals surface area contributed by atoms with E-state index in [2.05, 4.69) is 0 Å². The highest BCUT2D eigenvalue weighted by Gasteiger charge is 2.06. The molecule has 0 fully saturated rings. The van der Waals surface area contributed by atoms with Crippen LogP contribution in [-0.4, -0.2) is 18.0 Å². The number of hydrogen-bond donors (Lipinski definition) is 1. The van der Waals surface area contributed by atoms with Crippen molar-refractivity contribution in [2.45, 2.75) is 25.7 Å². The lowest BCUT2D eigenvalue weighted by Crippen LogP contribution is -2.32. The topological polar surface area (TPSA) is 46.3 Å². The van der Waals surface area contributed by atoms with Crippen LogP contribution in [0.1, 0.15) is 24.8 Å². The van der Waals surface area contributed by atoms with Gasteiger partial charge >= 0.3 is 0 Å². The summed E-state index contributed by atoms with van der Waals surface area (Å²) in [4.78, 5) is 11.2. The summed E-state index contributed by atoms with van der Waals surface area (Å²) >= 11 is 5.78. The van der Waals surface area contributed by atoms with Crippen molar-refractivity contribution in [2.75, 3.05) is 7.05 Å². The molecule has 0 saturated carbocycles. The fourth-order valence-electron chi connectivity index (χ4n) is 1.50. The molecule has 0 spiro atoms. The quantitative estimate of drug-likeness (QED) is 0.382. The van der Waals surface area contributed by atoms with Crippen molar-refractivity contribution in [3.8, 4) is 0 Å². The summed E-state index contributed by atoms with van der Waals surface area (Å²) < 4.78 is 13.3. The largest absolute Gasteiger partial charge is 0.284 e. The van der Waals surface area contributed by atoms with Gasteiger partial charge in [-0.2, -0.15) is 0 Å². The molecule has 0 aromatic heterocycles. The maximum atomic E-state index is 13.3. The third-order valence-corrected chi connectivity index (χ3v) is 2.72. The molecule has 3 nitrogen and oxygen atoms in total. The third-order valence-electron chi connectivity index (χ3n) is 2.49. The molecule has 1 aromatic rings. The molecule has 1 amide bonds. The lowest BCUT2D eigenvalue weighted by molar-refractivity contribution is -0.130. The second-order valence-electron chi connectivity index (χ2n) is 3.95. The lowest BCUT2D eigenvalue weighted by atomic mass is 10.1. The van der Waals surface area contributed by atoms with Gasteiger partial charge in [-0.1, -0.05) is 11.6 Å². The van der Waals surface area contributed by atoms with Crippen LogP contribution >= 0.6 is 11.6 Å². The van der Waals surface area contributed by atoms with Crippen molar-refractivity contribution >= 4 is 17.5 Å². The van der Waals surface area contributed by atoms with Crippen LogP contribution < -0.4 is 5.84 Å². The molecule has 0 aliphatic carbocycles. The summed E-state index contributed by atoms with van der Waals surface area (Å²) in [5, 5.41) is 1.60. The zero-order valence-corrected chi connectivity index (χ0v) is 10.5. The Morgan fingerprint density at radius 2 is 2.18 bits per heavy atom. The maximum Gasteiger partial charge on any atom is 0.236 e. The molecule has 0 radical (unpaired) electrons. The highest BCUT2D eigenvalue weighted by Crippen LogP contribution is 2.17. The number of nitrogens with zero attached hydrogens (tertiary/aromatic N) is 1. The van der Waals surface area contributed by atoms with Crippen LogP contribution in [0.4, 0.5) is 4.39 Å². The van der Waals surface area contributed by atoms with Crippen molar-refractivity contribution in [3.63, 3.8) is 0 Å². The van der Waals surface area contributed by atoms with E-state index in [9.17, 15) is 9.18 Å². The van der Waals surface area contributed by atoms with Crippen LogP contribution in [0, 0.1) is 5.82 Å². The number of rotatable bonds is 5. The molecule has 1 aromatic carbocycles. The molecule has 0 heterocycles. The molecule has 1 rings (SSSR count). The maximum absolute atomic E-state index is 13.3. The van der Waals surface area contributed by atoms with Gasteiger partial charge in [-0.15, -0.1) is 0 Å². The van der Waals surface area contributed by atoms with E-state index in [4.69, 9.17) is 17.4 Å². The summed E-state index contributed by atoms with van der Waals surface area (Å²) in [6, 6.07) is 4.50. The normalized spacial score (nSPS) is 10.4. The van der Waals surface area contributed by atoms with Crippen LogP contribution in [0.25, 0.3) is 0 Å². The van der Waals surface area contributed by atoms with Gasteiger partial charge in [-0.3, -0.25) is 9.80 Å². The summed E-state index contributed by atoms with van der Waals surface area (Å²) in [5.41, 5.74) is 0.589. The van der Waals surface area contributed by atoms with Crippen LogP contribution in [0.15, 0.2) is 18.2 Å². The molecule has 0 unspecified atom stereocenters. The van der Waals surface area contributed by atoms with E-state index in [-0.39, 0.29) is 11.7 Å². The summed E-state index contributed by atoms with van der Waals surface area (Å²) in [7, 11) is 1.51. The second-order valence-corrected chi connectivity index (χ2v) is 4.38. The SMILES string of the molecule is CN(N)C(=O)CCCCc1cc(Cl)ccc1F. The fraction of sp³-hybridized carbons (Fsp3) is 0.417. The number of hydrazine groups is 1. The number of aryl methyl sites for hydroxylation is 1. The first-order valence-corrected chi connectivity index (χ1v) is 5.83. The Morgan fingerprint density at radius 3 is 2.82 bits per heavy atom. The van der Waals surface area contributed by atoms with Crippen molar-refractivity contribution in [3.05, 3.63) is 34.6 Å². The van der Waals surface area contributed by atoms with Crippen LogP contribution in [0.2, 0.25) is 5.02 Å². The van der Waals surface area contributed by atoms with Crippen LogP contribution in [0.5, 0.6) is 0 Å². The van der Waals surface area contributed by atoms with Gasteiger partial charge < -0.3 is 0 Å². The van der Waals surface area contributed by atoms with E-state index in [1.54, 1.807) is 6.07 Å². The number of halogens is 2. The Hall–Kier alpha value is -1.13. The molecule has 0 bridgehead atoms. The third kappa shape index (κ3) is 4.71. The van der Waals surface area contributed by atoms with Crippen molar-refractivity contribution in [1.82, 2.24) is 5.01 Å². The number of carbonyl (C=O) groups excluding carboxylic acids is 1. The highest BCUT2D eigenvalue weighted by atomic mass is 35.5. The van der Waals surface area contributed by atoms with E-state index in [0.717, 1.165) is 11.4 Å². The minimum atomic E-state index is -0.253. The van der Waals surface area contributed by atoms with Crippen molar-refractivity contribution in [2.24, 2.45) is 5.84 Å². The number of nitrogens with two attached hydrogens (primary N) is 1. The van der Waals surface area contributed by atoms with Gasteiger partial charge in [-0.25, -0.2) is 10.2 Å². The van der Waals surface area contributed by atoms with Crippen molar-refractivity contribution in [1.29, 1.82) is 0 Å². The number of unbranched alkanes of at least 4 members (excludes halogenated alkanes) is 1. The van der Waals surface area contributed by atoms with Gasteiger partial charge in [0.2, 0.25) is 5.91 Å². The summed E-state index contributed by atoms with van der Waals surface area (Å²) in [5.74, 6) is 4.91. The van der Waals surface area contributed by atoms with Gasteiger partial charge in [0.15, 0.2) is 0 Å². The minimum Gasteiger partial charge on any atom is -0.284 e. The standard InChI is InChI=1S/C12H16ClFN2O/c1-16(15)12(17)5-3-2-4-9-8-10(13)6-7-11(9)14/h6-8H,2-5,15H2,1H3. The predicted molar refractivity (Wildman–Crippen MR) is 65.9 cm³/mol.